The summed E-state index contributed by atoms with van der Waals surface area (Å²) in [4.78, 5) is 18.9. The summed E-state index contributed by atoms with van der Waals surface area (Å²) in [5.74, 6) is 0.0312. The predicted molar refractivity (Wildman–Crippen MR) is 135 cm³/mol. The smallest absolute Gasteiger partial charge is 0.307 e. The van der Waals surface area contributed by atoms with E-state index in [2.05, 4.69) is 51.7 Å². The number of hydrogen-bond acceptors (Lipinski definition) is 4. The minimum absolute atomic E-state index is 0.0185. The lowest BCUT2D eigenvalue weighted by Gasteiger charge is -2.40. The molecule has 1 fully saturated rings. The maximum Gasteiger partial charge on any atom is 0.307 e. The highest BCUT2D eigenvalue weighted by atomic mass is 16.5. The molecule has 33 heavy (non-hydrogen) atoms. The van der Waals surface area contributed by atoms with Crippen molar-refractivity contribution in [1.82, 2.24) is 4.98 Å². The van der Waals surface area contributed by atoms with Crippen LogP contribution in [0.15, 0.2) is 24.3 Å². The van der Waals surface area contributed by atoms with Gasteiger partial charge in [-0.1, -0.05) is 46.8 Å². The molecule has 0 bridgehead atoms. The summed E-state index contributed by atoms with van der Waals surface area (Å²) in [5, 5.41) is 9.64. The zero-order chi connectivity index (χ0) is 24.4. The fourth-order valence-electron chi connectivity index (χ4n) is 4.45. The van der Waals surface area contributed by atoms with E-state index in [1.54, 1.807) is 0 Å². The summed E-state index contributed by atoms with van der Waals surface area (Å²) in [7, 11) is 0. The number of anilines is 1. The lowest BCUT2D eigenvalue weighted by molar-refractivity contribution is -0.136. The molecular weight excluding hydrogens is 412 g/mol. The van der Waals surface area contributed by atoms with Gasteiger partial charge in [-0.3, -0.25) is 9.78 Å². The first-order valence-electron chi connectivity index (χ1n) is 12.1. The average molecular weight is 453 g/mol. The van der Waals surface area contributed by atoms with Gasteiger partial charge in [-0.05, 0) is 61.6 Å². The van der Waals surface area contributed by atoms with Crippen molar-refractivity contribution in [2.45, 2.75) is 74.1 Å². The lowest BCUT2D eigenvalue weighted by atomic mass is 9.82. The SMILES string of the molecule is Cc1nc(C)c(-c2ccc(OCCC(C)(C)C)cc2)c(N2CCC(C)(C)CC2)c1CC(=O)O. The number of nitrogens with zero attached hydrogens (tertiary/aromatic N) is 2. The molecule has 2 aromatic rings. The van der Waals surface area contributed by atoms with E-state index in [0.29, 0.717) is 12.0 Å². The number of piperidine rings is 1. The predicted octanol–water partition coefficient (Wildman–Crippen LogP) is 6.43. The van der Waals surface area contributed by atoms with E-state index in [1.807, 2.05) is 26.0 Å². The van der Waals surface area contributed by atoms with Crippen LogP contribution in [0.25, 0.3) is 11.1 Å². The van der Waals surface area contributed by atoms with Crippen LogP contribution >= 0.6 is 0 Å². The van der Waals surface area contributed by atoms with Crippen LogP contribution in [-0.4, -0.2) is 35.8 Å². The van der Waals surface area contributed by atoms with Gasteiger partial charge in [0.25, 0.3) is 0 Å². The largest absolute Gasteiger partial charge is 0.494 e. The number of pyridine rings is 1. The Morgan fingerprint density at radius 1 is 1.09 bits per heavy atom. The van der Waals surface area contributed by atoms with Crippen molar-refractivity contribution in [1.29, 1.82) is 0 Å². The van der Waals surface area contributed by atoms with Gasteiger partial charge in [0.05, 0.1) is 18.7 Å². The summed E-state index contributed by atoms with van der Waals surface area (Å²) in [6.45, 7) is 17.7. The standard InChI is InChI=1S/C28H40N2O3/c1-19-23(18-24(31)32)26(30-15-12-28(6,7)13-16-30)25(20(2)29-19)21-8-10-22(11-9-21)33-17-14-27(3,4)5/h8-11H,12-18H2,1-7H3,(H,31,32). The summed E-state index contributed by atoms with van der Waals surface area (Å²) < 4.78 is 5.96. The van der Waals surface area contributed by atoms with E-state index in [1.165, 1.54) is 0 Å². The molecule has 0 saturated carbocycles. The van der Waals surface area contributed by atoms with Gasteiger partial charge in [-0.25, -0.2) is 0 Å². The molecule has 5 nitrogen and oxygen atoms in total. The van der Waals surface area contributed by atoms with Gasteiger partial charge in [0.1, 0.15) is 5.75 Å². The van der Waals surface area contributed by atoms with Gasteiger partial charge in [-0.2, -0.15) is 0 Å². The first-order valence-corrected chi connectivity index (χ1v) is 12.1. The Morgan fingerprint density at radius 2 is 1.70 bits per heavy atom. The lowest BCUT2D eigenvalue weighted by Crippen LogP contribution is -2.38. The van der Waals surface area contributed by atoms with Gasteiger partial charge in [0.15, 0.2) is 0 Å². The van der Waals surface area contributed by atoms with E-state index in [-0.39, 0.29) is 11.8 Å². The van der Waals surface area contributed by atoms with Gasteiger partial charge in [0, 0.05) is 35.6 Å². The van der Waals surface area contributed by atoms with Gasteiger partial charge in [-0.15, -0.1) is 0 Å². The summed E-state index contributed by atoms with van der Waals surface area (Å²) in [6.07, 6.45) is 3.14. The molecule has 1 aromatic carbocycles. The third kappa shape index (κ3) is 6.49. The molecule has 0 unspecified atom stereocenters. The monoisotopic (exact) mass is 452 g/mol. The number of carboxylic acid groups (broad SMARTS) is 1. The van der Waals surface area contributed by atoms with Crippen molar-refractivity contribution >= 4 is 11.7 Å². The number of carbonyl (C=O) groups is 1. The topological polar surface area (TPSA) is 62.7 Å². The minimum Gasteiger partial charge on any atom is -0.494 e. The molecule has 2 heterocycles. The van der Waals surface area contributed by atoms with Gasteiger partial charge < -0.3 is 14.7 Å². The molecule has 5 heteroatoms. The number of aliphatic carboxylic acids is 1. The number of rotatable bonds is 7. The number of aromatic nitrogens is 1. The van der Waals surface area contributed by atoms with Crippen LogP contribution in [0.2, 0.25) is 0 Å². The summed E-state index contributed by atoms with van der Waals surface area (Å²) in [6, 6.07) is 8.18. The van der Waals surface area contributed by atoms with Crippen molar-refractivity contribution in [2.75, 3.05) is 24.6 Å². The Balaban J connectivity index is 1.99. The molecule has 1 N–H and O–H groups in total. The molecule has 0 radical (unpaired) electrons. The first-order chi connectivity index (χ1) is 15.4. The molecule has 1 saturated heterocycles. The van der Waals surface area contributed by atoms with Crippen LogP contribution in [0, 0.1) is 24.7 Å². The fraction of sp³-hybridized carbons (Fsp3) is 0.571. The third-order valence-electron chi connectivity index (χ3n) is 6.68. The maximum absolute atomic E-state index is 11.7. The zero-order valence-electron chi connectivity index (χ0n) is 21.4. The highest BCUT2D eigenvalue weighted by Crippen LogP contribution is 2.41. The Morgan fingerprint density at radius 3 is 2.24 bits per heavy atom. The molecule has 180 valence electrons. The fourth-order valence-corrected chi connectivity index (χ4v) is 4.45. The van der Waals surface area contributed by atoms with Gasteiger partial charge >= 0.3 is 5.97 Å². The van der Waals surface area contributed by atoms with E-state index < -0.39 is 5.97 Å². The van der Waals surface area contributed by atoms with Gasteiger partial charge in [0.2, 0.25) is 0 Å². The second-order valence-electron chi connectivity index (χ2n) is 11.4. The van der Waals surface area contributed by atoms with E-state index in [0.717, 1.165) is 71.9 Å². The third-order valence-corrected chi connectivity index (χ3v) is 6.68. The second-order valence-corrected chi connectivity index (χ2v) is 11.4. The van der Waals surface area contributed by atoms with Crippen molar-refractivity contribution < 1.29 is 14.6 Å². The average Bonchev–Trinajstić information content (AvgIpc) is 2.70. The van der Waals surface area contributed by atoms with Crippen molar-refractivity contribution in [3.05, 3.63) is 41.2 Å². The van der Waals surface area contributed by atoms with Crippen LogP contribution in [0.1, 0.15) is 70.8 Å². The second kappa shape index (κ2) is 9.74. The highest BCUT2D eigenvalue weighted by Gasteiger charge is 2.30. The van der Waals surface area contributed by atoms with Crippen molar-refractivity contribution in [3.63, 3.8) is 0 Å². The summed E-state index contributed by atoms with van der Waals surface area (Å²) >= 11 is 0. The molecule has 1 aliphatic heterocycles. The van der Waals surface area contributed by atoms with Crippen LogP contribution in [0.3, 0.4) is 0 Å². The Kier molecular flexibility index (Phi) is 7.40. The van der Waals surface area contributed by atoms with E-state index in [4.69, 9.17) is 9.72 Å². The number of hydrogen-bond donors (Lipinski definition) is 1. The summed E-state index contributed by atoms with van der Waals surface area (Å²) in [5.41, 5.74) is 6.25. The van der Waals surface area contributed by atoms with E-state index >= 15 is 0 Å². The van der Waals surface area contributed by atoms with Crippen LogP contribution in [0.4, 0.5) is 5.69 Å². The molecule has 1 aromatic heterocycles. The maximum atomic E-state index is 11.7. The molecule has 1 aliphatic rings. The van der Waals surface area contributed by atoms with Crippen LogP contribution in [-0.2, 0) is 11.2 Å². The Hall–Kier alpha value is -2.56. The van der Waals surface area contributed by atoms with E-state index in [9.17, 15) is 9.90 Å². The number of benzene rings is 1. The molecule has 3 rings (SSSR count). The molecule has 0 aliphatic carbocycles. The number of carboxylic acids is 1. The quantitative estimate of drug-likeness (QED) is 0.524. The normalized spacial score (nSPS) is 16.0. The van der Waals surface area contributed by atoms with Crippen molar-refractivity contribution in [3.8, 4) is 16.9 Å². The van der Waals surface area contributed by atoms with Crippen molar-refractivity contribution in [2.24, 2.45) is 10.8 Å². The minimum atomic E-state index is -0.823. The van der Waals surface area contributed by atoms with Crippen LogP contribution < -0.4 is 9.64 Å². The molecule has 0 spiro atoms. The zero-order valence-corrected chi connectivity index (χ0v) is 21.4. The number of aryl methyl sites for hydroxylation is 2. The molecule has 0 atom stereocenters. The highest BCUT2D eigenvalue weighted by molar-refractivity contribution is 5.86. The number of ether oxygens (including phenoxy) is 1. The Labute approximate surface area is 199 Å². The first kappa shape index (κ1) is 25.1. The van der Waals surface area contributed by atoms with Crippen LogP contribution in [0.5, 0.6) is 5.75 Å². The Bertz CT molecular complexity index is 978. The molecular formula is C28H40N2O3. The molecule has 0 amide bonds.